The van der Waals surface area contributed by atoms with E-state index in [9.17, 15) is 0 Å². The summed E-state index contributed by atoms with van der Waals surface area (Å²) in [5, 5.41) is 2.37. The highest BCUT2D eigenvalue weighted by molar-refractivity contribution is 6.19. The van der Waals surface area contributed by atoms with E-state index in [1.54, 1.807) is 0 Å². The molecular weight excluding hydrogens is 229 g/mol. The number of rotatable bonds is 2. The van der Waals surface area contributed by atoms with E-state index in [4.69, 9.17) is 11.6 Å². The summed E-state index contributed by atoms with van der Waals surface area (Å²) in [6.07, 6.45) is 5.70. The van der Waals surface area contributed by atoms with E-state index in [-0.39, 0.29) is 12.4 Å². The lowest BCUT2D eigenvalue weighted by Gasteiger charge is -1.97. The van der Waals surface area contributed by atoms with Crippen LogP contribution in [0.2, 0.25) is 0 Å². The Kier molecular flexibility index (Phi) is 4.60. The standard InChI is InChI=1S/C12H10ClN.ClH/c13-7-3-6-12-8-10-4-1-2-5-11(10)9-14-12;/h1-6,8-9H,7H2;1H. The summed E-state index contributed by atoms with van der Waals surface area (Å²) in [7, 11) is 0. The zero-order valence-electron chi connectivity index (χ0n) is 8.06. The van der Waals surface area contributed by atoms with Crippen LogP contribution in [0.15, 0.2) is 42.6 Å². The summed E-state index contributed by atoms with van der Waals surface area (Å²) in [6.45, 7) is 0. The first kappa shape index (κ1) is 12.0. The summed E-state index contributed by atoms with van der Waals surface area (Å²) in [6, 6.07) is 10.2. The van der Waals surface area contributed by atoms with Gasteiger partial charge in [0, 0.05) is 17.5 Å². The maximum Gasteiger partial charge on any atom is 0.0633 e. The lowest BCUT2D eigenvalue weighted by atomic mass is 10.1. The smallest absolute Gasteiger partial charge is 0.0633 e. The third-order valence-electron chi connectivity index (χ3n) is 2.03. The normalized spacial score (nSPS) is 10.5. The van der Waals surface area contributed by atoms with Crippen LogP contribution in [0.4, 0.5) is 0 Å². The SMILES string of the molecule is Cl.ClCC=Cc1cc2ccccc2cn1. The van der Waals surface area contributed by atoms with Gasteiger partial charge >= 0.3 is 0 Å². The van der Waals surface area contributed by atoms with Gasteiger partial charge in [-0.1, -0.05) is 30.3 Å². The Morgan fingerprint density at radius 3 is 2.67 bits per heavy atom. The van der Waals surface area contributed by atoms with Crippen LogP contribution in [0.25, 0.3) is 16.8 Å². The number of nitrogens with zero attached hydrogens (tertiary/aromatic N) is 1. The maximum atomic E-state index is 5.56. The number of pyridine rings is 1. The fraction of sp³-hybridized carbons (Fsp3) is 0.0833. The molecule has 0 fully saturated rings. The van der Waals surface area contributed by atoms with Crippen molar-refractivity contribution in [2.45, 2.75) is 0 Å². The molecule has 0 aliphatic rings. The van der Waals surface area contributed by atoms with E-state index < -0.39 is 0 Å². The van der Waals surface area contributed by atoms with Crippen molar-refractivity contribution in [3.63, 3.8) is 0 Å². The number of alkyl halides is 1. The molecule has 0 radical (unpaired) electrons. The van der Waals surface area contributed by atoms with Crippen LogP contribution in [-0.4, -0.2) is 10.9 Å². The van der Waals surface area contributed by atoms with Crippen LogP contribution in [0, 0.1) is 0 Å². The molecule has 1 nitrogen and oxygen atoms in total. The Bertz CT molecular complexity index is 466. The highest BCUT2D eigenvalue weighted by Gasteiger charge is 1.93. The van der Waals surface area contributed by atoms with Crippen molar-refractivity contribution in [3.8, 4) is 0 Å². The van der Waals surface area contributed by atoms with Gasteiger partial charge in [-0.2, -0.15) is 0 Å². The van der Waals surface area contributed by atoms with Crippen LogP contribution in [-0.2, 0) is 0 Å². The monoisotopic (exact) mass is 239 g/mol. The van der Waals surface area contributed by atoms with Crippen molar-refractivity contribution in [1.29, 1.82) is 0 Å². The number of hydrogen-bond acceptors (Lipinski definition) is 1. The van der Waals surface area contributed by atoms with Crippen LogP contribution in [0.1, 0.15) is 5.69 Å². The van der Waals surface area contributed by atoms with Crippen LogP contribution in [0.3, 0.4) is 0 Å². The second kappa shape index (κ2) is 5.74. The minimum Gasteiger partial charge on any atom is -0.256 e. The molecule has 0 aliphatic carbocycles. The topological polar surface area (TPSA) is 12.9 Å². The number of fused-ring (bicyclic) bond motifs is 1. The number of allylic oxidation sites excluding steroid dienone is 1. The number of aromatic nitrogens is 1. The first-order valence-corrected chi connectivity index (χ1v) is 5.01. The maximum absolute atomic E-state index is 5.56. The highest BCUT2D eigenvalue weighted by Crippen LogP contribution is 2.13. The third kappa shape index (κ3) is 2.95. The van der Waals surface area contributed by atoms with Crippen LogP contribution >= 0.6 is 24.0 Å². The van der Waals surface area contributed by atoms with Crippen molar-refractivity contribution in [2.75, 3.05) is 5.88 Å². The van der Waals surface area contributed by atoms with Gasteiger partial charge in [0.15, 0.2) is 0 Å². The molecule has 1 aromatic carbocycles. The van der Waals surface area contributed by atoms with E-state index in [1.165, 1.54) is 5.39 Å². The first-order valence-electron chi connectivity index (χ1n) is 4.47. The number of halogens is 2. The third-order valence-corrected chi connectivity index (χ3v) is 2.21. The Morgan fingerprint density at radius 2 is 1.93 bits per heavy atom. The fourth-order valence-electron chi connectivity index (χ4n) is 1.36. The number of hydrogen-bond donors (Lipinski definition) is 0. The predicted molar refractivity (Wildman–Crippen MR) is 68.7 cm³/mol. The molecule has 78 valence electrons. The van der Waals surface area contributed by atoms with Crippen LogP contribution < -0.4 is 0 Å². The van der Waals surface area contributed by atoms with Crippen molar-refractivity contribution < 1.29 is 0 Å². The van der Waals surface area contributed by atoms with Gasteiger partial charge in [0.05, 0.1) is 5.69 Å². The summed E-state index contributed by atoms with van der Waals surface area (Å²) in [5.74, 6) is 0.522. The quantitative estimate of drug-likeness (QED) is 0.725. The van der Waals surface area contributed by atoms with E-state index >= 15 is 0 Å². The second-order valence-corrected chi connectivity index (χ2v) is 3.32. The number of benzene rings is 1. The highest BCUT2D eigenvalue weighted by atomic mass is 35.5. The molecule has 0 saturated heterocycles. The summed E-state index contributed by atoms with van der Waals surface area (Å²) < 4.78 is 0. The molecule has 2 aromatic rings. The second-order valence-electron chi connectivity index (χ2n) is 3.01. The van der Waals surface area contributed by atoms with Gasteiger partial charge in [-0.15, -0.1) is 24.0 Å². The van der Waals surface area contributed by atoms with Gasteiger partial charge in [0.1, 0.15) is 0 Å². The molecule has 0 bridgehead atoms. The molecule has 2 rings (SSSR count). The fourth-order valence-corrected chi connectivity index (χ4v) is 1.45. The van der Waals surface area contributed by atoms with Crippen molar-refractivity contribution >= 4 is 40.9 Å². The molecule has 1 aromatic heterocycles. The lowest BCUT2D eigenvalue weighted by molar-refractivity contribution is 1.32. The molecule has 0 spiro atoms. The Hall–Kier alpha value is -1.05. The summed E-state index contributed by atoms with van der Waals surface area (Å²) in [5.41, 5.74) is 0.948. The van der Waals surface area contributed by atoms with Crippen molar-refractivity contribution in [3.05, 3.63) is 48.3 Å². The van der Waals surface area contributed by atoms with Gasteiger partial charge < -0.3 is 0 Å². The molecule has 3 heteroatoms. The van der Waals surface area contributed by atoms with E-state index in [2.05, 4.69) is 23.2 Å². The Balaban J connectivity index is 0.00000112. The first-order chi connectivity index (χ1) is 6.90. The average Bonchev–Trinajstić information content (AvgIpc) is 2.26. The van der Waals surface area contributed by atoms with Gasteiger partial charge in [0.25, 0.3) is 0 Å². The Morgan fingerprint density at radius 1 is 1.20 bits per heavy atom. The van der Waals surface area contributed by atoms with Gasteiger partial charge in [-0.05, 0) is 17.5 Å². The van der Waals surface area contributed by atoms with E-state index in [0.717, 1.165) is 11.1 Å². The van der Waals surface area contributed by atoms with Crippen molar-refractivity contribution in [1.82, 2.24) is 4.98 Å². The molecule has 15 heavy (non-hydrogen) atoms. The molecule has 0 atom stereocenters. The Labute approximate surface area is 100 Å². The zero-order chi connectivity index (χ0) is 9.80. The molecule has 0 saturated carbocycles. The zero-order valence-corrected chi connectivity index (χ0v) is 9.63. The molecule has 0 amide bonds. The molecular formula is C12H11Cl2N. The molecule has 0 aliphatic heterocycles. The average molecular weight is 240 g/mol. The molecule has 0 N–H and O–H groups in total. The lowest BCUT2D eigenvalue weighted by Crippen LogP contribution is -1.81. The minimum atomic E-state index is 0. The predicted octanol–water partition coefficient (Wildman–Crippen LogP) is 3.91. The molecule has 0 unspecified atom stereocenters. The van der Waals surface area contributed by atoms with Crippen molar-refractivity contribution in [2.24, 2.45) is 0 Å². The van der Waals surface area contributed by atoms with Gasteiger partial charge in [-0.3, -0.25) is 4.98 Å². The van der Waals surface area contributed by atoms with Crippen LogP contribution in [0.5, 0.6) is 0 Å². The van der Waals surface area contributed by atoms with E-state index in [0.29, 0.717) is 5.88 Å². The summed E-state index contributed by atoms with van der Waals surface area (Å²) >= 11 is 5.56. The summed E-state index contributed by atoms with van der Waals surface area (Å²) in [4.78, 5) is 4.30. The van der Waals surface area contributed by atoms with Gasteiger partial charge in [-0.25, -0.2) is 0 Å². The minimum absolute atomic E-state index is 0. The largest absolute Gasteiger partial charge is 0.256 e. The van der Waals surface area contributed by atoms with E-state index in [1.807, 2.05) is 30.5 Å². The van der Waals surface area contributed by atoms with Gasteiger partial charge in [0.2, 0.25) is 0 Å². The molecule has 1 heterocycles.